The molecule has 1 aromatic rings. The number of carbonyl (C=O) groups excluding carboxylic acids is 3. The molecule has 2 aliphatic heterocycles. The van der Waals surface area contributed by atoms with Crippen molar-refractivity contribution in [1.29, 1.82) is 0 Å². The topological polar surface area (TPSA) is 78.5 Å². The molecule has 0 saturated carbocycles. The normalized spacial score (nSPS) is 21.4. The summed E-state index contributed by atoms with van der Waals surface area (Å²) in [5, 5.41) is 5.49. The summed E-state index contributed by atoms with van der Waals surface area (Å²) in [5.74, 6) is -0.453. The molecule has 1 atom stereocenters. The maximum Gasteiger partial charge on any atom is 0.254 e. The van der Waals surface area contributed by atoms with Crippen molar-refractivity contribution in [2.24, 2.45) is 0 Å². The van der Waals surface area contributed by atoms with Gasteiger partial charge in [-0.25, -0.2) is 0 Å². The lowest BCUT2D eigenvalue weighted by atomic mass is 10.0. The van der Waals surface area contributed by atoms with Crippen molar-refractivity contribution < 1.29 is 14.4 Å². The van der Waals surface area contributed by atoms with Gasteiger partial charge < -0.3 is 10.2 Å². The molecule has 2 heterocycles. The molecule has 2 saturated heterocycles. The van der Waals surface area contributed by atoms with Crippen molar-refractivity contribution >= 4 is 17.7 Å². The zero-order valence-electron chi connectivity index (χ0n) is 13.0. The molecule has 2 aliphatic rings. The maximum atomic E-state index is 12.6. The van der Waals surface area contributed by atoms with Crippen molar-refractivity contribution in [2.75, 3.05) is 13.1 Å². The standard InChI is InChI=1S/C17H21N3O3/c21-15-8-7-14(16(22)19-15)18-11-12-5-1-2-6-13(12)17(23)20-9-3-4-10-20/h1-2,5-6,14,18H,3-4,7-11H2,(H,19,21,22)/t14-/m0/s1. The Hall–Kier alpha value is -2.21. The molecule has 0 radical (unpaired) electrons. The Morgan fingerprint density at radius 1 is 1.22 bits per heavy atom. The van der Waals surface area contributed by atoms with Crippen LogP contribution in [0.5, 0.6) is 0 Å². The van der Waals surface area contributed by atoms with Crippen molar-refractivity contribution in [2.45, 2.75) is 38.3 Å². The van der Waals surface area contributed by atoms with Gasteiger partial charge in [0.2, 0.25) is 11.8 Å². The van der Waals surface area contributed by atoms with Gasteiger partial charge in [-0.2, -0.15) is 0 Å². The Balaban J connectivity index is 1.67. The molecular formula is C17H21N3O3. The van der Waals surface area contributed by atoms with E-state index in [9.17, 15) is 14.4 Å². The largest absolute Gasteiger partial charge is 0.339 e. The molecule has 0 aromatic heterocycles. The third-order valence-electron chi connectivity index (χ3n) is 4.42. The molecule has 3 rings (SSSR count). The SMILES string of the molecule is O=C1CC[C@H](NCc2ccccc2C(=O)N2CCCC2)C(=O)N1. The zero-order chi connectivity index (χ0) is 16.2. The van der Waals surface area contributed by atoms with Crippen molar-refractivity contribution in [1.82, 2.24) is 15.5 Å². The number of nitrogens with one attached hydrogen (secondary N) is 2. The van der Waals surface area contributed by atoms with E-state index < -0.39 is 0 Å². The van der Waals surface area contributed by atoms with Crippen LogP contribution in [0.4, 0.5) is 0 Å². The van der Waals surface area contributed by atoms with Crippen molar-refractivity contribution in [3.05, 3.63) is 35.4 Å². The Morgan fingerprint density at radius 3 is 2.70 bits per heavy atom. The monoisotopic (exact) mass is 315 g/mol. The average Bonchev–Trinajstić information content (AvgIpc) is 3.08. The first-order valence-corrected chi connectivity index (χ1v) is 8.09. The van der Waals surface area contributed by atoms with Gasteiger partial charge in [-0.3, -0.25) is 19.7 Å². The molecule has 23 heavy (non-hydrogen) atoms. The first-order valence-electron chi connectivity index (χ1n) is 8.09. The molecule has 2 fully saturated rings. The number of amides is 3. The van der Waals surface area contributed by atoms with Crippen molar-refractivity contribution in [3.63, 3.8) is 0 Å². The fourth-order valence-electron chi connectivity index (χ4n) is 3.10. The summed E-state index contributed by atoms with van der Waals surface area (Å²) in [6.07, 6.45) is 2.95. The number of nitrogens with zero attached hydrogens (tertiary/aromatic N) is 1. The van der Waals surface area contributed by atoms with E-state index in [4.69, 9.17) is 0 Å². The van der Waals surface area contributed by atoms with E-state index in [1.54, 1.807) is 0 Å². The third-order valence-corrected chi connectivity index (χ3v) is 4.42. The summed E-state index contributed by atoms with van der Waals surface area (Å²) in [6, 6.07) is 7.10. The summed E-state index contributed by atoms with van der Waals surface area (Å²) in [4.78, 5) is 37.4. The van der Waals surface area contributed by atoms with Crippen LogP contribution in [-0.4, -0.2) is 41.8 Å². The first kappa shape index (κ1) is 15.7. The lowest BCUT2D eigenvalue weighted by molar-refractivity contribution is -0.134. The highest BCUT2D eigenvalue weighted by atomic mass is 16.2. The highest BCUT2D eigenvalue weighted by Crippen LogP contribution is 2.17. The van der Waals surface area contributed by atoms with E-state index >= 15 is 0 Å². The number of imide groups is 1. The van der Waals surface area contributed by atoms with Crippen LogP contribution in [0.3, 0.4) is 0 Å². The summed E-state index contributed by atoms with van der Waals surface area (Å²) in [6.45, 7) is 2.06. The van der Waals surface area contributed by atoms with E-state index in [0.29, 0.717) is 24.9 Å². The van der Waals surface area contributed by atoms with Crippen LogP contribution in [-0.2, 0) is 16.1 Å². The number of carbonyl (C=O) groups is 3. The average molecular weight is 315 g/mol. The molecule has 122 valence electrons. The van der Waals surface area contributed by atoms with Gasteiger partial charge in [0.1, 0.15) is 0 Å². The number of piperidine rings is 1. The fraction of sp³-hybridized carbons (Fsp3) is 0.471. The minimum atomic E-state index is -0.386. The quantitative estimate of drug-likeness (QED) is 0.806. The Kier molecular flexibility index (Phi) is 4.71. The molecule has 0 bridgehead atoms. The van der Waals surface area contributed by atoms with Gasteiger partial charge in [0.15, 0.2) is 0 Å². The highest BCUT2D eigenvalue weighted by molar-refractivity contribution is 6.00. The van der Waals surface area contributed by atoms with Crippen LogP contribution in [0.15, 0.2) is 24.3 Å². The summed E-state index contributed by atoms with van der Waals surface area (Å²) >= 11 is 0. The van der Waals surface area contributed by atoms with E-state index in [-0.39, 0.29) is 23.8 Å². The Bertz CT molecular complexity index is 623. The van der Waals surface area contributed by atoms with E-state index in [0.717, 1.165) is 31.5 Å². The number of likely N-dealkylation sites (tertiary alicyclic amines) is 1. The predicted molar refractivity (Wildman–Crippen MR) is 84.6 cm³/mol. The van der Waals surface area contributed by atoms with Gasteiger partial charge in [-0.1, -0.05) is 18.2 Å². The molecule has 1 aromatic carbocycles. The second kappa shape index (κ2) is 6.91. The van der Waals surface area contributed by atoms with Crippen LogP contribution in [0.1, 0.15) is 41.6 Å². The van der Waals surface area contributed by atoms with Gasteiger partial charge in [0.25, 0.3) is 5.91 Å². The minimum absolute atomic E-state index is 0.0585. The number of rotatable bonds is 4. The van der Waals surface area contributed by atoms with Crippen LogP contribution < -0.4 is 10.6 Å². The predicted octanol–water partition coefficient (Wildman–Crippen LogP) is 0.817. The zero-order valence-corrected chi connectivity index (χ0v) is 13.0. The summed E-state index contributed by atoms with van der Waals surface area (Å²) in [7, 11) is 0. The maximum absolute atomic E-state index is 12.6. The van der Waals surface area contributed by atoms with Gasteiger partial charge in [0, 0.05) is 31.6 Å². The Labute approximate surface area is 135 Å². The van der Waals surface area contributed by atoms with E-state index in [1.165, 1.54) is 0 Å². The molecular weight excluding hydrogens is 294 g/mol. The lowest BCUT2D eigenvalue weighted by Gasteiger charge is -2.23. The number of hydrogen-bond donors (Lipinski definition) is 2. The fourth-order valence-corrected chi connectivity index (χ4v) is 3.10. The number of hydrogen-bond acceptors (Lipinski definition) is 4. The van der Waals surface area contributed by atoms with Crippen LogP contribution in [0.2, 0.25) is 0 Å². The minimum Gasteiger partial charge on any atom is -0.339 e. The first-order chi connectivity index (χ1) is 11.1. The van der Waals surface area contributed by atoms with Crippen LogP contribution in [0, 0.1) is 0 Å². The van der Waals surface area contributed by atoms with Gasteiger partial charge in [0.05, 0.1) is 6.04 Å². The van der Waals surface area contributed by atoms with Crippen molar-refractivity contribution in [3.8, 4) is 0 Å². The van der Waals surface area contributed by atoms with Gasteiger partial charge in [-0.15, -0.1) is 0 Å². The van der Waals surface area contributed by atoms with E-state index in [2.05, 4.69) is 10.6 Å². The van der Waals surface area contributed by atoms with Gasteiger partial charge >= 0.3 is 0 Å². The smallest absolute Gasteiger partial charge is 0.254 e. The van der Waals surface area contributed by atoms with Crippen LogP contribution in [0.25, 0.3) is 0 Å². The molecule has 2 N–H and O–H groups in total. The summed E-state index contributed by atoms with van der Waals surface area (Å²) in [5.41, 5.74) is 1.57. The number of benzene rings is 1. The van der Waals surface area contributed by atoms with Crippen LogP contribution >= 0.6 is 0 Å². The molecule has 0 unspecified atom stereocenters. The highest BCUT2D eigenvalue weighted by Gasteiger charge is 2.27. The summed E-state index contributed by atoms with van der Waals surface area (Å²) < 4.78 is 0. The van der Waals surface area contributed by atoms with E-state index in [1.807, 2.05) is 29.2 Å². The molecule has 0 aliphatic carbocycles. The van der Waals surface area contributed by atoms with Gasteiger partial charge in [-0.05, 0) is 30.9 Å². The lowest BCUT2D eigenvalue weighted by Crippen LogP contribution is -2.50. The third kappa shape index (κ3) is 3.59. The molecule has 6 nitrogen and oxygen atoms in total. The Morgan fingerprint density at radius 2 is 1.96 bits per heavy atom. The molecule has 3 amide bonds. The second-order valence-corrected chi connectivity index (χ2v) is 6.04. The molecule has 0 spiro atoms. The molecule has 6 heteroatoms. The second-order valence-electron chi connectivity index (χ2n) is 6.04.